The fourth-order valence-corrected chi connectivity index (χ4v) is 6.57. The van der Waals surface area contributed by atoms with Crippen LogP contribution in [0.1, 0.15) is 38.0 Å². The molecule has 1 atom stereocenters. The maximum Gasteiger partial charge on any atom is 0.128 e. The van der Waals surface area contributed by atoms with Crippen molar-refractivity contribution >= 4 is 8.32 Å². The van der Waals surface area contributed by atoms with Crippen molar-refractivity contribution in [2.24, 2.45) is 0 Å². The minimum atomic E-state index is -1.95. The van der Waals surface area contributed by atoms with E-state index in [0.717, 1.165) is 29.8 Å². The highest BCUT2D eigenvalue weighted by Crippen LogP contribution is 2.39. The Morgan fingerprint density at radius 3 is 1.90 bits per heavy atom. The van der Waals surface area contributed by atoms with Crippen LogP contribution in [0.2, 0.25) is 18.1 Å². The van der Waals surface area contributed by atoms with Crippen LogP contribution in [0, 0.1) is 11.6 Å². The molecular formula is C23H33F2NO3Si-. The normalized spacial score (nSPS) is 12.6. The molecule has 0 radical (unpaired) electrons. The molecule has 2 aromatic carbocycles. The maximum absolute atomic E-state index is 13.5. The molecule has 2 aromatic rings. The second-order valence-corrected chi connectivity index (χ2v) is 12.1. The minimum absolute atomic E-state index is 0.305. The fourth-order valence-electron chi connectivity index (χ4n) is 3.76. The lowest BCUT2D eigenvalue weighted by atomic mass is 10.1. The lowest BCUT2D eigenvalue weighted by Gasteiger charge is -2.45. The molecule has 7 heteroatoms. The Labute approximate surface area is 179 Å². The third-order valence-electron chi connectivity index (χ3n) is 5.69. The van der Waals surface area contributed by atoms with Gasteiger partial charge < -0.3 is 19.2 Å². The molecule has 1 N–H and O–H groups in total. The van der Waals surface area contributed by atoms with E-state index in [2.05, 4.69) is 26.1 Å². The van der Waals surface area contributed by atoms with Gasteiger partial charge in [0.2, 0.25) is 0 Å². The van der Waals surface area contributed by atoms with E-state index < -0.39 is 20.0 Å². The Kier molecular flexibility index (Phi) is 9.26. The van der Waals surface area contributed by atoms with Crippen molar-refractivity contribution in [2.45, 2.75) is 51.6 Å². The van der Waals surface area contributed by atoms with Crippen LogP contribution in [0.5, 0.6) is 11.5 Å². The Balaban J connectivity index is 2.32. The van der Waals surface area contributed by atoms with Crippen molar-refractivity contribution in [3.63, 3.8) is 0 Å². The number of ether oxygens (including phenoxy) is 2. The fraction of sp³-hybridized carbons (Fsp3) is 0.478. The lowest BCUT2D eigenvalue weighted by Crippen LogP contribution is -2.40. The van der Waals surface area contributed by atoms with Crippen molar-refractivity contribution < 1.29 is 22.7 Å². The van der Waals surface area contributed by atoms with Crippen molar-refractivity contribution in [3.05, 3.63) is 59.2 Å². The largest absolute Gasteiger partial charge is 0.558 e. The summed E-state index contributed by atoms with van der Waals surface area (Å²) in [5.41, 5.74) is 1.40. The van der Waals surface area contributed by atoms with Crippen LogP contribution in [0.3, 0.4) is 0 Å². The zero-order valence-electron chi connectivity index (χ0n) is 18.6. The molecule has 30 heavy (non-hydrogen) atoms. The standard InChI is InChI=1S/C23H33F2NO3Si/c1-6-30(7-2,8-3)29-22(23-20(27-4)10-9-11-21(23)28-5)16-26-15-17-12-18(24)14-19(25)13-17/h9-14,22,26H,6-8,15-16H2,1-5H3/q-1. The Bertz CT molecular complexity index is 764. The number of benzene rings is 2. The molecule has 2 rings (SSSR count). The summed E-state index contributed by atoms with van der Waals surface area (Å²) < 4.78 is 45.1. The lowest BCUT2D eigenvalue weighted by molar-refractivity contribution is 0.177. The van der Waals surface area contributed by atoms with E-state index in [1.54, 1.807) is 14.2 Å². The Morgan fingerprint density at radius 1 is 0.900 bits per heavy atom. The van der Waals surface area contributed by atoms with Gasteiger partial charge in [-0.3, -0.25) is 0 Å². The van der Waals surface area contributed by atoms with E-state index in [1.807, 2.05) is 18.2 Å². The highest BCUT2D eigenvalue weighted by Gasteiger charge is 2.26. The van der Waals surface area contributed by atoms with E-state index in [4.69, 9.17) is 13.9 Å². The monoisotopic (exact) mass is 437 g/mol. The molecule has 0 bridgehead atoms. The molecule has 0 saturated heterocycles. The summed E-state index contributed by atoms with van der Waals surface area (Å²) in [6.07, 6.45) is -0.305. The predicted molar refractivity (Wildman–Crippen MR) is 119 cm³/mol. The van der Waals surface area contributed by atoms with Crippen molar-refractivity contribution in [1.82, 2.24) is 5.32 Å². The first-order valence-corrected chi connectivity index (χ1v) is 13.0. The number of hydrogen-bond acceptors (Lipinski definition) is 4. The van der Waals surface area contributed by atoms with Gasteiger partial charge in [-0.1, -0.05) is 26.8 Å². The molecule has 0 spiro atoms. The molecule has 4 nitrogen and oxygen atoms in total. The van der Waals surface area contributed by atoms with Crippen molar-refractivity contribution in [2.75, 3.05) is 20.8 Å². The van der Waals surface area contributed by atoms with Gasteiger partial charge in [0.15, 0.2) is 0 Å². The summed E-state index contributed by atoms with van der Waals surface area (Å²) in [7, 11) is 1.30. The Morgan fingerprint density at radius 2 is 1.43 bits per heavy atom. The highest BCUT2D eigenvalue weighted by atomic mass is 28.4. The van der Waals surface area contributed by atoms with Crippen molar-refractivity contribution in [3.8, 4) is 11.5 Å². The van der Waals surface area contributed by atoms with Crippen LogP contribution < -0.4 is 14.8 Å². The van der Waals surface area contributed by atoms with Crippen LogP contribution >= 0.6 is 0 Å². The van der Waals surface area contributed by atoms with Gasteiger partial charge in [-0.2, -0.15) is 0 Å². The number of methoxy groups -OCH3 is 2. The average Bonchev–Trinajstić information content (AvgIpc) is 2.75. The molecule has 167 valence electrons. The number of rotatable bonds is 12. The number of halogens is 2. The van der Waals surface area contributed by atoms with Crippen LogP contribution in [-0.2, 0) is 11.0 Å². The van der Waals surface area contributed by atoms with E-state index >= 15 is 0 Å². The van der Waals surface area contributed by atoms with Crippen molar-refractivity contribution in [1.29, 1.82) is 0 Å². The zero-order chi connectivity index (χ0) is 22.1. The summed E-state index contributed by atoms with van der Waals surface area (Å²) in [6.45, 7) is 7.32. The second kappa shape index (κ2) is 11.4. The first-order chi connectivity index (χ1) is 14.4. The third-order valence-corrected chi connectivity index (χ3v) is 10.3. The first kappa shape index (κ1) is 24.3. The summed E-state index contributed by atoms with van der Waals surface area (Å²) in [4.78, 5) is 0. The molecule has 0 aliphatic carbocycles. The van der Waals surface area contributed by atoms with E-state index in [1.165, 1.54) is 12.1 Å². The van der Waals surface area contributed by atoms with Gasteiger partial charge in [0.25, 0.3) is 0 Å². The van der Waals surface area contributed by atoms with Crippen LogP contribution in [0.15, 0.2) is 36.4 Å². The van der Waals surface area contributed by atoms with Gasteiger partial charge in [-0.05, 0) is 38.1 Å². The molecule has 0 aliphatic heterocycles. The summed E-state index contributed by atoms with van der Waals surface area (Å²) in [5, 5.41) is 3.30. The molecule has 0 fully saturated rings. The smallest absolute Gasteiger partial charge is 0.128 e. The quantitative estimate of drug-likeness (QED) is 0.424. The van der Waals surface area contributed by atoms with Gasteiger partial charge in [0.1, 0.15) is 23.1 Å². The molecule has 0 aliphatic rings. The molecule has 1 unspecified atom stereocenters. The molecule has 0 saturated carbocycles. The van der Waals surface area contributed by atoms with Gasteiger partial charge >= 0.3 is 0 Å². The van der Waals surface area contributed by atoms with Gasteiger partial charge in [0, 0.05) is 19.2 Å². The highest BCUT2D eigenvalue weighted by molar-refractivity contribution is 6.73. The van der Waals surface area contributed by atoms with Crippen LogP contribution in [0.4, 0.5) is 8.78 Å². The summed E-state index contributed by atoms with van der Waals surface area (Å²) in [6, 6.07) is 12.2. The number of nitrogens with one attached hydrogen (secondary N) is 1. The zero-order valence-corrected chi connectivity index (χ0v) is 19.6. The van der Waals surface area contributed by atoms with E-state index in [-0.39, 0.29) is 6.10 Å². The third kappa shape index (κ3) is 6.03. The van der Waals surface area contributed by atoms with Gasteiger partial charge in [0.05, 0.1) is 25.9 Å². The van der Waals surface area contributed by atoms with Gasteiger partial charge in [-0.25, -0.2) is 8.78 Å². The predicted octanol–water partition coefficient (Wildman–Crippen LogP) is 5.83. The molecule has 0 aromatic heterocycles. The van der Waals surface area contributed by atoms with E-state index in [0.29, 0.717) is 30.2 Å². The average molecular weight is 438 g/mol. The molecular weight excluding hydrogens is 404 g/mol. The van der Waals surface area contributed by atoms with E-state index in [9.17, 15) is 8.78 Å². The molecule has 0 amide bonds. The second-order valence-electron chi connectivity index (χ2n) is 7.33. The summed E-state index contributed by atoms with van der Waals surface area (Å²) >= 11 is 0. The molecule has 0 heterocycles. The topological polar surface area (TPSA) is 39.7 Å². The minimum Gasteiger partial charge on any atom is -0.558 e. The number of hydrogen-bond donors (Lipinski definition) is 1. The SMILES string of the molecule is CC[Si-](CC)(CC)OC(CNCc1cc(F)cc(F)c1)c1c(OC)cccc1OC. The van der Waals surface area contributed by atoms with Crippen LogP contribution in [0.25, 0.3) is 0 Å². The summed E-state index contributed by atoms with van der Waals surface area (Å²) in [5.74, 6) is 0.231. The maximum atomic E-state index is 13.5. The van der Waals surface area contributed by atoms with Crippen LogP contribution in [-0.4, -0.2) is 29.1 Å². The van der Waals surface area contributed by atoms with Gasteiger partial charge in [-0.15, -0.1) is 18.1 Å². The first-order valence-electron chi connectivity index (χ1n) is 10.5. The Hall–Kier alpha value is -1.96.